The Morgan fingerprint density at radius 2 is 1.73 bits per heavy atom. The van der Waals surface area contributed by atoms with Crippen LogP contribution >= 0.6 is 23.2 Å². The van der Waals surface area contributed by atoms with E-state index in [1.54, 1.807) is 54.6 Å². The molecule has 0 saturated carbocycles. The molecule has 3 rings (SSSR count). The van der Waals surface area contributed by atoms with Gasteiger partial charge in [0.2, 0.25) is 0 Å². The van der Waals surface area contributed by atoms with Crippen LogP contribution in [0.15, 0.2) is 70.4 Å². The van der Waals surface area contributed by atoms with Gasteiger partial charge in [0, 0.05) is 15.7 Å². The van der Waals surface area contributed by atoms with Crippen LogP contribution in [0.3, 0.4) is 0 Å². The number of halogens is 2. The molecule has 3 N–H and O–H groups in total. The lowest BCUT2D eigenvalue weighted by Crippen LogP contribution is -2.37. The summed E-state index contributed by atoms with van der Waals surface area (Å²) in [6, 6.07) is 14.6. The Balaban J connectivity index is 1.40. The maximum Gasteiger partial charge on any atom is 0.329 e. The molecule has 3 amide bonds. The predicted octanol–water partition coefficient (Wildman–Crippen LogP) is 3.37. The Labute approximate surface area is 198 Å². The maximum absolute atomic E-state index is 12.0. The first-order valence-electron chi connectivity index (χ1n) is 9.51. The second-order valence-electron chi connectivity index (χ2n) is 6.53. The van der Waals surface area contributed by atoms with E-state index in [0.29, 0.717) is 32.8 Å². The van der Waals surface area contributed by atoms with E-state index in [4.69, 9.17) is 32.4 Å². The zero-order valence-electron chi connectivity index (χ0n) is 17.0. The van der Waals surface area contributed by atoms with Crippen LogP contribution in [0.2, 0.25) is 10.0 Å². The van der Waals surface area contributed by atoms with E-state index < -0.39 is 11.8 Å². The third kappa shape index (κ3) is 7.99. The minimum absolute atomic E-state index is 0.0926. The molecule has 9 nitrogen and oxygen atoms in total. The Bertz CT molecular complexity index is 1130. The van der Waals surface area contributed by atoms with Gasteiger partial charge in [0.15, 0.2) is 6.61 Å². The summed E-state index contributed by atoms with van der Waals surface area (Å²) >= 11 is 11.8. The van der Waals surface area contributed by atoms with Crippen molar-refractivity contribution in [1.29, 1.82) is 0 Å². The molecule has 0 unspecified atom stereocenters. The number of carbonyl (C=O) groups excluding carboxylic acids is 3. The molecular formula is C22H18Cl2N4O5. The van der Waals surface area contributed by atoms with E-state index in [9.17, 15) is 14.4 Å². The van der Waals surface area contributed by atoms with E-state index in [-0.39, 0.29) is 19.1 Å². The van der Waals surface area contributed by atoms with E-state index >= 15 is 0 Å². The number of hydrogen-bond donors (Lipinski definition) is 3. The molecule has 0 saturated heterocycles. The molecule has 0 radical (unpaired) electrons. The standard InChI is InChI=1S/C22H18Cl2N4O5/c23-15-8-16(24)10-17(9-15)27-20(29)13-33-18-5-3-14(4-6-18)11-26-28-22(31)21(30)25-12-19-2-1-7-32-19/h1-11H,12-13H2,(H,25,30)(H,27,29)(H,28,31)/b26-11-. The molecule has 0 spiro atoms. The van der Waals surface area contributed by atoms with Crippen LogP contribution in [0.1, 0.15) is 11.3 Å². The second-order valence-corrected chi connectivity index (χ2v) is 7.40. The zero-order valence-corrected chi connectivity index (χ0v) is 18.5. The van der Waals surface area contributed by atoms with Gasteiger partial charge in [0.05, 0.1) is 19.0 Å². The summed E-state index contributed by atoms with van der Waals surface area (Å²) in [4.78, 5) is 35.5. The molecule has 2 aromatic carbocycles. The highest BCUT2D eigenvalue weighted by atomic mass is 35.5. The number of amides is 3. The van der Waals surface area contributed by atoms with Crippen molar-refractivity contribution in [2.24, 2.45) is 5.10 Å². The Morgan fingerprint density at radius 3 is 2.39 bits per heavy atom. The molecule has 0 aliphatic carbocycles. The van der Waals surface area contributed by atoms with Gasteiger partial charge in [0.25, 0.3) is 5.91 Å². The highest BCUT2D eigenvalue weighted by Gasteiger charge is 2.12. The number of nitrogens with one attached hydrogen (secondary N) is 3. The highest BCUT2D eigenvalue weighted by molar-refractivity contribution is 6.35. The van der Waals surface area contributed by atoms with Crippen LogP contribution in [-0.2, 0) is 20.9 Å². The van der Waals surface area contributed by atoms with Gasteiger partial charge in [-0.2, -0.15) is 5.10 Å². The molecule has 0 fully saturated rings. The number of nitrogens with zero attached hydrogens (tertiary/aromatic N) is 1. The van der Waals surface area contributed by atoms with Crippen LogP contribution < -0.4 is 20.8 Å². The summed E-state index contributed by atoms with van der Waals surface area (Å²) in [6.07, 6.45) is 2.82. The summed E-state index contributed by atoms with van der Waals surface area (Å²) in [6.45, 7) is -0.129. The average Bonchev–Trinajstić information content (AvgIpc) is 3.30. The first kappa shape index (κ1) is 23.8. The SMILES string of the molecule is O=C(COc1ccc(/C=N\NC(=O)C(=O)NCc2ccco2)cc1)Nc1cc(Cl)cc(Cl)c1. The normalized spacial score (nSPS) is 10.6. The lowest BCUT2D eigenvalue weighted by atomic mass is 10.2. The van der Waals surface area contributed by atoms with Crippen molar-refractivity contribution in [3.63, 3.8) is 0 Å². The number of carbonyl (C=O) groups is 3. The fourth-order valence-corrected chi connectivity index (χ4v) is 3.03. The first-order valence-corrected chi connectivity index (χ1v) is 10.3. The maximum atomic E-state index is 12.0. The highest BCUT2D eigenvalue weighted by Crippen LogP contribution is 2.22. The van der Waals surface area contributed by atoms with Crippen molar-refractivity contribution in [2.45, 2.75) is 6.54 Å². The van der Waals surface area contributed by atoms with Crippen LogP contribution in [0.25, 0.3) is 0 Å². The number of anilines is 1. The van der Waals surface area contributed by atoms with Gasteiger partial charge in [-0.3, -0.25) is 14.4 Å². The quantitative estimate of drug-likeness (QED) is 0.255. The van der Waals surface area contributed by atoms with Crippen LogP contribution in [0, 0.1) is 0 Å². The molecule has 0 aliphatic heterocycles. The Morgan fingerprint density at radius 1 is 1.00 bits per heavy atom. The lowest BCUT2D eigenvalue weighted by molar-refractivity contribution is -0.139. The van der Waals surface area contributed by atoms with E-state index in [1.165, 1.54) is 12.5 Å². The summed E-state index contributed by atoms with van der Waals surface area (Å²) in [5, 5.41) is 9.59. The Hall–Kier alpha value is -3.82. The zero-order chi connectivity index (χ0) is 23.6. The molecule has 11 heteroatoms. The van der Waals surface area contributed by atoms with E-state index in [0.717, 1.165) is 0 Å². The van der Waals surface area contributed by atoms with Gasteiger partial charge in [-0.15, -0.1) is 0 Å². The van der Waals surface area contributed by atoms with Crippen LogP contribution in [0.4, 0.5) is 5.69 Å². The number of ether oxygens (including phenoxy) is 1. The lowest BCUT2D eigenvalue weighted by Gasteiger charge is -2.08. The molecule has 1 aromatic heterocycles. The molecular weight excluding hydrogens is 471 g/mol. The molecule has 0 atom stereocenters. The molecule has 0 aliphatic rings. The third-order valence-electron chi connectivity index (χ3n) is 3.99. The molecule has 0 bridgehead atoms. The summed E-state index contributed by atoms with van der Waals surface area (Å²) < 4.78 is 10.5. The number of hydrazone groups is 1. The van der Waals surface area contributed by atoms with E-state index in [1.807, 2.05) is 0 Å². The number of furan rings is 1. The van der Waals surface area contributed by atoms with Crippen molar-refractivity contribution in [1.82, 2.24) is 10.7 Å². The molecule has 33 heavy (non-hydrogen) atoms. The Kier molecular flexibility index (Phi) is 8.45. The minimum atomic E-state index is -0.912. The fourth-order valence-electron chi connectivity index (χ4n) is 2.50. The molecule has 170 valence electrons. The largest absolute Gasteiger partial charge is 0.484 e. The average molecular weight is 489 g/mol. The second kappa shape index (κ2) is 11.7. The van der Waals surface area contributed by atoms with Gasteiger partial charge in [-0.05, 0) is 60.2 Å². The number of hydrogen-bond acceptors (Lipinski definition) is 6. The topological polar surface area (TPSA) is 122 Å². The van der Waals surface area contributed by atoms with Crippen molar-refractivity contribution < 1.29 is 23.5 Å². The van der Waals surface area contributed by atoms with Gasteiger partial charge < -0.3 is 19.8 Å². The summed E-state index contributed by atoms with van der Waals surface area (Å²) in [5.41, 5.74) is 3.23. The van der Waals surface area contributed by atoms with E-state index in [2.05, 4.69) is 21.2 Å². The van der Waals surface area contributed by atoms with Crippen LogP contribution in [0.5, 0.6) is 5.75 Å². The van der Waals surface area contributed by atoms with Gasteiger partial charge in [0.1, 0.15) is 11.5 Å². The fraction of sp³-hybridized carbons (Fsp3) is 0.0909. The number of rotatable bonds is 8. The predicted molar refractivity (Wildman–Crippen MR) is 123 cm³/mol. The van der Waals surface area contributed by atoms with Gasteiger partial charge in [-0.1, -0.05) is 23.2 Å². The smallest absolute Gasteiger partial charge is 0.329 e. The van der Waals surface area contributed by atoms with Gasteiger partial charge >= 0.3 is 11.8 Å². The summed E-state index contributed by atoms with van der Waals surface area (Å²) in [5.74, 6) is -1.16. The summed E-state index contributed by atoms with van der Waals surface area (Å²) in [7, 11) is 0. The minimum Gasteiger partial charge on any atom is -0.484 e. The van der Waals surface area contributed by atoms with Crippen LogP contribution in [-0.4, -0.2) is 30.5 Å². The number of benzene rings is 2. The monoisotopic (exact) mass is 488 g/mol. The van der Waals surface area contributed by atoms with Crippen molar-refractivity contribution in [3.05, 3.63) is 82.2 Å². The van der Waals surface area contributed by atoms with Crippen molar-refractivity contribution >= 4 is 52.8 Å². The third-order valence-corrected chi connectivity index (χ3v) is 4.42. The van der Waals surface area contributed by atoms with Gasteiger partial charge in [-0.25, -0.2) is 5.43 Å². The first-order chi connectivity index (χ1) is 15.9. The molecule has 3 aromatic rings. The van der Waals surface area contributed by atoms with Crippen molar-refractivity contribution in [2.75, 3.05) is 11.9 Å². The molecule has 1 heterocycles. The van der Waals surface area contributed by atoms with Crippen molar-refractivity contribution in [3.8, 4) is 5.75 Å².